The van der Waals surface area contributed by atoms with Crippen molar-refractivity contribution in [3.63, 3.8) is 0 Å². The van der Waals surface area contributed by atoms with Crippen LogP contribution in [0.3, 0.4) is 0 Å². The first-order valence-electron chi connectivity index (χ1n) is 7.24. The number of amides is 2. The number of nitrogens with zero attached hydrogens (tertiary/aromatic N) is 1. The van der Waals surface area contributed by atoms with Crippen LogP contribution in [0.5, 0.6) is 0 Å². The highest BCUT2D eigenvalue weighted by Crippen LogP contribution is 2.17. The molecule has 2 atom stereocenters. The Kier molecular flexibility index (Phi) is 4.94. The highest BCUT2D eigenvalue weighted by Gasteiger charge is 2.29. The number of carbonyl (C=O) groups excluding carboxylic acids is 2. The second-order valence-electron chi connectivity index (χ2n) is 5.75. The summed E-state index contributed by atoms with van der Waals surface area (Å²) in [4.78, 5) is 25.4. The fraction of sp³-hybridized carbons (Fsp3) is 0.500. The van der Waals surface area contributed by atoms with E-state index in [4.69, 9.17) is 0 Å². The number of rotatable bonds is 4. The lowest BCUT2D eigenvalue weighted by molar-refractivity contribution is -0.139. The second kappa shape index (κ2) is 6.70. The van der Waals surface area contributed by atoms with Crippen LogP contribution >= 0.6 is 0 Å². The molecule has 1 fully saturated rings. The summed E-state index contributed by atoms with van der Waals surface area (Å²) in [5.41, 5.74) is 0.976. The Hall–Kier alpha value is -1.91. The van der Waals surface area contributed by atoms with E-state index < -0.39 is 0 Å². The minimum atomic E-state index is -0.264. The van der Waals surface area contributed by atoms with Crippen LogP contribution in [0.15, 0.2) is 24.3 Å². The van der Waals surface area contributed by atoms with E-state index in [0.717, 1.165) is 5.56 Å². The first-order valence-corrected chi connectivity index (χ1v) is 7.24. The Morgan fingerprint density at radius 3 is 2.71 bits per heavy atom. The van der Waals surface area contributed by atoms with Gasteiger partial charge in [-0.3, -0.25) is 9.59 Å². The molecular weight excluding hydrogens is 271 g/mol. The van der Waals surface area contributed by atoms with E-state index in [1.54, 1.807) is 24.1 Å². The van der Waals surface area contributed by atoms with Gasteiger partial charge in [0.05, 0.1) is 0 Å². The summed E-state index contributed by atoms with van der Waals surface area (Å²) in [6.07, 6.45) is 1.63. The van der Waals surface area contributed by atoms with Crippen LogP contribution in [0.25, 0.3) is 0 Å². The molecule has 0 aromatic heterocycles. The number of hydrogen-bond donors (Lipinski definition) is 1. The van der Waals surface area contributed by atoms with Crippen LogP contribution in [0.4, 0.5) is 4.39 Å². The van der Waals surface area contributed by atoms with Crippen molar-refractivity contribution < 1.29 is 14.0 Å². The molecule has 5 heteroatoms. The highest BCUT2D eigenvalue weighted by molar-refractivity contribution is 5.86. The molecule has 0 aliphatic carbocycles. The van der Waals surface area contributed by atoms with Gasteiger partial charge >= 0.3 is 0 Å². The second-order valence-corrected chi connectivity index (χ2v) is 5.75. The van der Waals surface area contributed by atoms with Gasteiger partial charge in [-0.15, -0.1) is 0 Å². The largest absolute Gasteiger partial charge is 0.353 e. The molecule has 1 N–H and O–H groups in total. The van der Waals surface area contributed by atoms with Crippen molar-refractivity contribution in [2.45, 2.75) is 32.2 Å². The van der Waals surface area contributed by atoms with Gasteiger partial charge in [0.15, 0.2) is 0 Å². The van der Waals surface area contributed by atoms with E-state index in [9.17, 15) is 14.0 Å². The Morgan fingerprint density at radius 1 is 1.43 bits per heavy atom. The van der Waals surface area contributed by atoms with E-state index in [-0.39, 0.29) is 36.0 Å². The maximum atomic E-state index is 12.8. The van der Waals surface area contributed by atoms with Gasteiger partial charge in [-0.05, 0) is 37.5 Å². The SMILES string of the molecule is C[C@H](Cc1ccc(F)cc1)NC(=O)[C@H]1CCN(C)C(=O)C1. The summed E-state index contributed by atoms with van der Waals surface area (Å²) >= 11 is 0. The van der Waals surface area contributed by atoms with E-state index >= 15 is 0 Å². The number of benzene rings is 1. The minimum absolute atomic E-state index is 0.0209. The molecule has 1 aliphatic rings. The molecular formula is C16H21FN2O2. The summed E-state index contributed by atoms with van der Waals surface area (Å²) in [6, 6.07) is 6.23. The molecule has 4 nitrogen and oxygen atoms in total. The lowest BCUT2D eigenvalue weighted by Gasteiger charge is -2.28. The number of hydrogen-bond acceptors (Lipinski definition) is 2. The van der Waals surface area contributed by atoms with Gasteiger partial charge in [0, 0.05) is 32.0 Å². The number of likely N-dealkylation sites (tertiary alicyclic amines) is 1. The van der Waals surface area contributed by atoms with Gasteiger partial charge in [-0.1, -0.05) is 12.1 Å². The quantitative estimate of drug-likeness (QED) is 0.919. The van der Waals surface area contributed by atoms with Crippen molar-refractivity contribution in [3.8, 4) is 0 Å². The summed E-state index contributed by atoms with van der Waals surface area (Å²) in [5.74, 6) is -0.539. The Bertz CT molecular complexity index is 516. The van der Waals surface area contributed by atoms with E-state index in [2.05, 4.69) is 5.32 Å². The summed E-state index contributed by atoms with van der Waals surface area (Å²) in [7, 11) is 1.76. The zero-order chi connectivity index (χ0) is 15.4. The summed E-state index contributed by atoms with van der Waals surface area (Å²) in [6.45, 7) is 2.54. The molecule has 0 bridgehead atoms. The van der Waals surface area contributed by atoms with Gasteiger partial charge in [0.1, 0.15) is 5.82 Å². The van der Waals surface area contributed by atoms with Crippen LogP contribution in [-0.2, 0) is 16.0 Å². The van der Waals surface area contributed by atoms with Crippen LogP contribution in [-0.4, -0.2) is 36.3 Å². The highest BCUT2D eigenvalue weighted by atomic mass is 19.1. The zero-order valence-electron chi connectivity index (χ0n) is 12.4. The maximum absolute atomic E-state index is 12.8. The van der Waals surface area contributed by atoms with Crippen molar-refractivity contribution in [3.05, 3.63) is 35.6 Å². The molecule has 21 heavy (non-hydrogen) atoms. The van der Waals surface area contributed by atoms with Crippen LogP contribution in [0.2, 0.25) is 0 Å². The summed E-state index contributed by atoms with van der Waals surface area (Å²) < 4.78 is 12.8. The van der Waals surface area contributed by atoms with Crippen LogP contribution in [0.1, 0.15) is 25.3 Å². The predicted molar refractivity (Wildman–Crippen MR) is 78.1 cm³/mol. The third-order valence-corrected chi connectivity index (χ3v) is 3.87. The lowest BCUT2D eigenvalue weighted by atomic mass is 9.95. The average molecular weight is 292 g/mol. The molecule has 2 rings (SSSR count). The molecule has 1 aliphatic heterocycles. The van der Waals surface area contributed by atoms with Gasteiger partial charge in [0.25, 0.3) is 0 Å². The number of piperidine rings is 1. The van der Waals surface area contributed by atoms with Crippen molar-refractivity contribution in [1.82, 2.24) is 10.2 Å². The van der Waals surface area contributed by atoms with Crippen LogP contribution < -0.4 is 5.32 Å². The molecule has 1 aromatic carbocycles. The molecule has 0 radical (unpaired) electrons. The van der Waals surface area contributed by atoms with E-state index in [0.29, 0.717) is 19.4 Å². The zero-order valence-corrected chi connectivity index (χ0v) is 12.4. The number of nitrogens with one attached hydrogen (secondary N) is 1. The van der Waals surface area contributed by atoms with Crippen LogP contribution in [0, 0.1) is 11.7 Å². The molecule has 0 spiro atoms. The third-order valence-electron chi connectivity index (χ3n) is 3.87. The lowest BCUT2D eigenvalue weighted by Crippen LogP contribution is -2.44. The predicted octanol–water partition coefficient (Wildman–Crippen LogP) is 1.74. The van der Waals surface area contributed by atoms with Crippen molar-refractivity contribution in [2.24, 2.45) is 5.92 Å². The Morgan fingerprint density at radius 2 is 2.10 bits per heavy atom. The van der Waals surface area contributed by atoms with Crippen molar-refractivity contribution in [2.75, 3.05) is 13.6 Å². The Balaban J connectivity index is 1.84. The number of carbonyl (C=O) groups is 2. The smallest absolute Gasteiger partial charge is 0.223 e. The first-order chi connectivity index (χ1) is 9.95. The minimum Gasteiger partial charge on any atom is -0.353 e. The topological polar surface area (TPSA) is 49.4 Å². The molecule has 1 heterocycles. The molecule has 114 valence electrons. The van der Waals surface area contributed by atoms with E-state index in [1.165, 1.54) is 12.1 Å². The average Bonchev–Trinajstić information content (AvgIpc) is 2.44. The molecule has 1 saturated heterocycles. The summed E-state index contributed by atoms with van der Waals surface area (Å²) in [5, 5.41) is 2.94. The van der Waals surface area contributed by atoms with Crippen molar-refractivity contribution in [1.29, 1.82) is 0 Å². The molecule has 0 saturated carbocycles. The number of halogens is 1. The molecule has 1 aromatic rings. The van der Waals surface area contributed by atoms with Gasteiger partial charge in [-0.2, -0.15) is 0 Å². The van der Waals surface area contributed by atoms with E-state index in [1.807, 2.05) is 6.92 Å². The first kappa shape index (κ1) is 15.5. The third kappa shape index (κ3) is 4.28. The molecule has 0 unspecified atom stereocenters. The van der Waals surface area contributed by atoms with Gasteiger partial charge in [0.2, 0.25) is 11.8 Å². The van der Waals surface area contributed by atoms with Gasteiger partial charge in [-0.25, -0.2) is 4.39 Å². The Labute approximate surface area is 124 Å². The maximum Gasteiger partial charge on any atom is 0.223 e. The van der Waals surface area contributed by atoms with Crippen molar-refractivity contribution >= 4 is 11.8 Å². The fourth-order valence-electron chi connectivity index (χ4n) is 2.55. The normalized spacial score (nSPS) is 20.2. The van der Waals surface area contributed by atoms with Gasteiger partial charge < -0.3 is 10.2 Å². The standard InChI is InChI=1S/C16H21FN2O2/c1-11(9-12-3-5-14(17)6-4-12)18-16(21)13-7-8-19(2)15(20)10-13/h3-6,11,13H,7-10H2,1-2H3,(H,18,21)/t11-,13+/m1/s1. The molecule has 2 amide bonds. The fourth-order valence-corrected chi connectivity index (χ4v) is 2.55. The monoisotopic (exact) mass is 292 g/mol.